The minimum Gasteiger partial charge on any atom is -0.497 e. The molecule has 5 nitrogen and oxygen atoms in total. The van der Waals surface area contributed by atoms with Crippen molar-refractivity contribution < 1.29 is 9.53 Å². The van der Waals surface area contributed by atoms with Gasteiger partial charge in [0.25, 0.3) is 0 Å². The van der Waals surface area contributed by atoms with Crippen LogP contribution in [0.15, 0.2) is 54.7 Å². The van der Waals surface area contributed by atoms with E-state index in [1.807, 2.05) is 12.1 Å². The topological polar surface area (TPSA) is 57.0 Å². The summed E-state index contributed by atoms with van der Waals surface area (Å²) in [6.07, 6.45) is 1.45. The highest BCUT2D eigenvalue weighted by molar-refractivity contribution is 6.30. The summed E-state index contributed by atoms with van der Waals surface area (Å²) in [5.41, 5.74) is 1.64. The summed E-state index contributed by atoms with van der Waals surface area (Å²) in [4.78, 5) is 12.6. The van der Waals surface area contributed by atoms with Crippen LogP contribution in [0.4, 0.5) is 0 Å². The minimum absolute atomic E-state index is 0.169. The Bertz CT molecular complexity index is 795. The number of methoxy groups -OCH3 is 1. The SMILES string of the molecule is COc1ccc(-n2nncc2C(=O)c2ccc(Cl)cc2)cc1. The molecule has 0 unspecified atom stereocenters. The van der Waals surface area contributed by atoms with Crippen molar-refractivity contribution in [2.24, 2.45) is 0 Å². The number of hydrogen-bond acceptors (Lipinski definition) is 4. The summed E-state index contributed by atoms with van der Waals surface area (Å²) >= 11 is 5.84. The van der Waals surface area contributed by atoms with E-state index in [2.05, 4.69) is 10.3 Å². The van der Waals surface area contributed by atoms with Gasteiger partial charge in [0.15, 0.2) is 0 Å². The third-order valence-electron chi connectivity index (χ3n) is 3.21. The fraction of sp³-hybridized carbons (Fsp3) is 0.0625. The molecular formula is C16H12ClN3O2. The molecule has 110 valence electrons. The van der Waals surface area contributed by atoms with E-state index < -0.39 is 0 Å². The minimum atomic E-state index is -0.169. The van der Waals surface area contributed by atoms with Gasteiger partial charge in [0.2, 0.25) is 5.78 Å². The molecular weight excluding hydrogens is 302 g/mol. The van der Waals surface area contributed by atoms with Crippen molar-refractivity contribution in [3.05, 3.63) is 71.0 Å². The molecule has 2 aromatic carbocycles. The van der Waals surface area contributed by atoms with Gasteiger partial charge in [-0.1, -0.05) is 16.8 Å². The van der Waals surface area contributed by atoms with Crippen molar-refractivity contribution in [1.29, 1.82) is 0 Å². The van der Waals surface area contributed by atoms with Gasteiger partial charge in [-0.3, -0.25) is 4.79 Å². The Morgan fingerprint density at radius 2 is 1.77 bits per heavy atom. The third kappa shape index (κ3) is 2.71. The monoisotopic (exact) mass is 313 g/mol. The van der Waals surface area contributed by atoms with Crippen LogP contribution in [0.5, 0.6) is 5.75 Å². The lowest BCUT2D eigenvalue weighted by molar-refractivity contribution is 0.103. The number of rotatable bonds is 4. The van der Waals surface area contributed by atoms with E-state index in [0.717, 1.165) is 11.4 Å². The van der Waals surface area contributed by atoms with E-state index in [4.69, 9.17) is 16.3 Å². The van der Waals surface area contributed by atoms with Gasteiger partial charge in [0, 0.05) is 10.6 Å². The predicted octanol–water partition coefficient (Wildman–Crippen LogP) is 3.16. The molecule has 0 bridgehead atoms. The van der Waals surface area contributed by atoms with Crippen molar-refractivity contribution in [2.45, 2.75) is 0 Å². The van der Waals surface area contributed by atoms with Crippen LogP contribution in [-0.4, -0.2) is 27.9 Å². The second-order valence-corrected chi connectivity index (χ2v) is 5.00. The van der Waals surface area contributed by atoms with Crippen molar-refractivity contribution >= 4 is 17.4 Å². The molecule has 3 rings (SSSR count). The summed E-state index contributed by atoms with van der Waals surface area (Å²) in [6.45, 7) is 0. The number of hydrogen-bond donors (Lipinski definition) is 0. The molecule has 0 aliphatic rings. The van der Waals surface area contributed by atoms with Gasteiger partial charge in [-0.25, -0.2) is 4.68 Å². The summed E-state index contributed by atoms with van der Waals surface area (Å²) in [5, 5.41) is 8.41. The second-order valence-electron chi connectivity index (χ2n) is 4.57. The number of ketones is 1. The smallest absolute Gasteiger partial charge is 0.213 e. The first-order chi connectivity index (χ1) is 10.7. The maximum atomic E-state index is 12.6. The predicted molar refractivity (Wildman–Crippen MR) is 82.8 cm³/mol. The maximum Gasteiger partial charge on any atom is 0.213 e. The number of nitrogens with zero attached hydrogens (tertiary/aromatic N) is 3. The van der Waals surface area contributed by atoms with Crippen LogP contribution in [0.2, 0.25) is 5.02 Å². The number of carbonyl (C=O) groups excluding carboxylic acids is 1. The maximum absolute atomic E-state index is 12.6. The largest absolute Gasteiger partial charge is 0.497 e. The molecule has 6 heteroatoms. The van der Waals surface area contributed by atoms with E-state index in [1.165, 1.54) is 10.9 Å². The molecule has 0 radical (unpaired) electrons. The van der Waals surface area contributed by atoms with E-state index in [1.54, 1.807) is 43.5 Å². The highest BCUT2D eigenvalue weighted by Gasteiger charge is 2.16. The second kappa shape index (κ2) is 5.99. The molecule has 0 saturated carbocycles. The highest BCUT2D eigenvalue weighted by Crippen LogP contribution is 2.18. The van der Waals surface area contributed by atoms with Crippen LogP contribution >= 0.6 is 11.6 Å². The van der Waals surface area contributed by atoms with Gasteiger partial charge in [-0.2, -0.15) is 0 Å². The molecule has 0 spiro atoms. The zero-order valence-corrected chi connectivity index (χ0v) is 12.5. The van der Waals surface area contributed by atoms with E-state index >= 15 is 0 Å². The summed E-state index contributed by atoms with van der Waals surface area (Å²) in [5.74, 6) is 0.562. The Morgan fingerprint density at radius 1 is 1.09 bits per heavy atom. The number of carbonyl (C=O) groups is 1. The molecule has 1 aromatic heterocycles. The van der Waals surface area contributed by atoms with Crippen molar-refractivity contribution in [2.75, 3.05) is 7.11 Å². The Balaban J connectivity index is 1.97. The molecule has 22 heavy (non-hydrogen) atoms. The van der Waals surface area contributed by atoms with Crippen molar-refractivity contribution in [1.82, 2.24) is 15.0 Å². The number of ether oxygens (including phenoxy) is 1. The molecule has 0 atom stereocenters. The van der Waals surface area contributed by atoms with E-state index in [0.29, 0.717) is 16.3 Å². The van der Waals surface area contributed by atoms with Crippen LogP contribution in [0.3, 0.4) is 0 Å². The first-order valence-electron chi connectivity index (χ1n) is 6.54. The molecule has 0 aliphatic heterocycles. The van der Waals surface area contributed by atoms with Gasteiger partial charge < -0.3 is 4.74 Å². The average Bonchev–Trinajstić information content (AvgIpc) is 3.04. The summed E-state index contributed by atoms with van der Waals surface area (Å²) in [7, 11) is 1.60. The molecule has 0 aliphatic carbocycles. The van der Waals surface area contributed by atoms with Gasteiger partial charge in [-0.05, 0) is 48.5 Å². The molecule has 0 amide bonds. The molecule has 0 N–H and O–H groups in total. The van der Waals surface area contributed by atoms with Crippen LogP contribution < -0.4 is 4.74 Å². The molecule has 3 aromatic rings. The fourth-order valence-electron chi connectivity index (χ4n) is 2.05. The molecule has 0 saturated heterocycles. The zero-order valence-electron chi connectivity index (χ0n) is 11.7. The standard InChI is InChI=1S/C16H12ClN3O2/c1-22-14-8-6-13(7-9-14)20-15(10-18-19-20)16(21)11-2-4-12(17)5-3-11/h2-10H,1H3. The third-order valence-corrected chi connectivity index (χ3v) is 3.46. The fourth-order valence-corrected chi connectivity index (χ4v) is 2.18. The van der Waals surface area contributed by atoms with Crippen molar-refractivity contribution in [3.8, 4) is 11.4 Å². The highest BCUT2D eigenvalue weighted by atomic mass is 35.5. The van der Waals surface area contributed by atoms with Crippen LogP contribution in [0.1, 0.15) is 16.1 Å². The first-order valence-corrected chi connectivity index (χ1v) is 6.92. The lowest BCUT2D eigenvalue weighted by Gasteiger charge is -2.06. The summed E-state index contributed by atoms with van der Waals surface area (Å²) < 4.78 is 6.62. The van der Waals surface area contributed by atoms with Crippen LogP contribution in [0.25, 0.3) is 5.69 Å². The van der Waals surface area contributed by atoms with Crippen LogP contribution in [0, 0.1) is 0 Å². The van der Waals surface area contributed by atoms with Gasteiger partial charge in [-0.15, -0.1) is 5.10 Å². The van der Waals surface area contributed by atoms with Gasteiger partial charge in [0.1, 0.15) is 11.4 Å². The average molecular weight is 314 g/mol. The quantitative estimate of drug-likeness (QED) is 0.694. The van der Waals surface area contributed by atoms with Crippen LogP contribution in [-0.2, 0) is 0 Å². The number of benzene rings is 2. The number of aromatic nitrogens is 3. The zero-order chi connectivity index (χ0) is 15.5. The molecule has 0 fully saturated rings. The lowest BCUT2D eigenvalue weighted by Crippen LogP contribution is -2.10. The van der Waals surface area contributed by atoms with Crippen molar-refractivity contribution in [3.63, 3.8) is 0 Å². The van der Waals surface area contributed by atoms with E-state index in [9.17, 15) is 4.79 Å². The Morgan fingerprint density at radius 3 is 2.41 bits per heavy atom. The summed E-state index contributed by atoms with van der Waals surface area (Å²) in [6, 6.07) is 13.9. The normalized spacial score (nSPS) is 10.5. The lowest BCUT2D eigenvalue weighted by atomic mass is 10.1. The van der Waals surface area contributed by atoms with Gasteiger partial charge in [0.05, 0.1) is 19.0 Å². The Kier molecular flexibility index (Phi) is 3.89. The number of halogens is 1. The Hall–Kier alpha value is -2.66. The first kappa shape index (κ1) is 14.3. The Labute approximate surface area is 132 Å². The molecule has 1 heterocycles. The van der Waals surface area contributed by atoms with E-state index in [-0.39, 0.29) is 5.78 Å². The van der Waals surface area contributed by atoms with Gasteiger partial charge >= 0.3 is 0 Å².